The third-order valence-electron chi connectivity index (χ3n) is 2.04. The van der Waals surface area contributed by atoms with Gasteiger partial charge in [-0.3, -0.25) is 4.79 Å². The minimum atomic E-state index is -1.37. The molecule has 0 aliphatic heterocycles. The van der Waals surface area contributed by atoms with Gasteiger partial charge in [-0.05, 0) is 6.92 Å². The molecule has 0 saturated carbocycles. The summed E-state index contributed by atoms with van der Waals surface area (Å²) in [7, 11) is 5.79. The summed E-state index contributed by atoms with van der Waals surface area (Å²) in [6.07, 6.45) is -0.484. The van der Waals surface area contributed by atoms with Gasteiger partial charge in [0, 0.05) is 28.4 Å². The number of carbonyl (C=O) groups excluding carboxylic acids is 1. The molecule has 5 nitrogen and oxygen atoms in total. The SMILES string of the molecule is CNC(=O)C(OC)(OC)C(C)OC. The van der Waals surface area contributed by atoms with E-state index >= 15 is 0 Å². The van der Waals surface area contributed by atoms with Crippen molar-refractivity contribution in [1.82, 2.24) is 5.32 Å². The maximum Gasteiger partial charge on any atom is 0.282 e. The third-order valence-corrected chi connectivity index (χ3v) is 2.04. The van der Waals surface area contributed by atoms with Crippen molar-refractivity contribution in [3.05, 3.63) is 0 Å². The van der Waals surface area contributed by atoms with Crippen LogP contribution < -0.4 is 5.32 Å². The molecule has 1 N–H and O–H groups in total. The van der Waals surface area contributed by atoms with Gasteiger partial charge in [0.1, 0.15) is 6.10 Å². The number of nitrogens with one attached hydrogen (secondary N) is 1. The highest BCUT2D eigenvalue weighted by Gasteiger charge is 2.44. The van der Waals surface area contributed by atoms with Gasteiger partial charge >= 0.3 is 0 Å². The molecule has 13 heavy (non-hydrogen) atoms. The van der Waals surface area contributed by atoms with E-state index in [4.69, 9.17) is 14.2 Å². The van der Waals surface area contributed by atoms with Crippen LogP contribution in [0, 0.1) is 0 Å². The maximum atomic E-state index is 11.5. The van der Waals surface area contributed by atoms with Crippen LogP contribution in [0.25, 0.3) is 0 Å². The standard InChI is InChI=1S/C8H17NO4/c1-6(11-3)8(12-4,13-5)7(10)9-2/h6H,1-5H3,(H,9,10). The smallest absolute Gasteiger partial charge is 0.282 e. The molecule has 0 saturated heterocycles. The Labute approximate surface area is 78.3 Å². The summed E-state index contributed by atoms with van der Waals surface area (Å²) < 4.78 is 15.1. The Morgan fingerprint density at radius 2 is 1.77 bits per heavy atom. The number of amides is 1. The summed E-state index contributed by atoms with van der Waals surface area (Å²) in [5.41, 5.74) is 0. The summed E-state index contributed by atoms with van der Waals surface area (Å²) in [5.74, 6) is -1.74. The van der Waals surface area contributed by atoms with Crippen molar-refractivity contribution in [2.45, 2.75) is 18.8 Å². The summed E-state index contributed by atoms with van der Waals surface area (Å²) in [6, 6.07) is 0. The normalized spacial score (nSPS) is 13.9. The molecule has 0 radical (unpaired) electrons. The van der Waals surface area contributed by atoms with E-state index in [0.29, 0.717) is 0 Å². The number of likely N-dealkylation sites (N-methyl/N-ethyl adjacent to an activating group) is 1. The minimum absolute atomic E-state index is 0.369. The molecule has 78 valence electrons. The molecule has 0 aromatic rings. The minimum Gasteiger partial charge on any atom is -0.376 e. The number of hydrogen-bond acceptors (Lipinski definition) is 4. The number of carbonyl (C=O) groups is 1. The van der Waals surface area contributed by atoms with Crippen molar-refractivity contribution in [2.75, 3.05) is 28.4 Å². The molecular formula is C8H17NO4. The second-order valence-corrected chi connectivity index (χ2v) is 2.53. The number of ether oxygens (including phenoxy) is 3. The first-order chi connectivity index (χ1) is 6.08. The summed E-state index contributed by atoms with van der Waals surface area (Å²) in [6.45, 7) is 1.70. The van der Waals surface area contributed by atoms with Crippen molar-refractivity contribution in [1.29, 1.82) is 0 Å². The van der Waals surface area contributed by atoms with Gasteiger partial charge in [0.05, 0.1) is 0 Å². The van der Waals surface area contributed by atoms with Crippen LogP contribution in [0.3, 0.4) is 0 Å². The van der Waals surface area contributed by atoms with Gasteiger partial charge in [0.2, 0.25) is 0 Å². The van der Waals surface area contributed by atoms with Crippen LogP contribution >= 0.6 is 0 Å². The first-order valence-corrected chi connectivity index (χ1v) is 3.94. The Hall–Kier alpha value is -0.650. The van der Waals surface area contributed by atoms with Crippen molar-refractivity contribution in [3.63, 3.8) is 0 Å². The highest BCUT2D eigenvalue weighted by atomic mass is 16.7. The Kier molecular flexibility index (Phi) is 4.90. The molecular weight excluding hydrogens is 174 g/mol. The van der Waals surface area contributed by atoms with Gasteiger partial charge in [0.15, 0.2) is 0 Å². The molecule has 0 heterocycles. The average molecular weight is 191 g/mol. The highest BCUT2D eigenvalue weighted by molar-refractivity contribution is 5.84. The predicted molar refractivity (Wildman–Crippen MR) is 47.3 cm³/mol. The van der Waals surface area contributed by atoms with Crippen LogP contribution in [0.4, 0.5) is 0 Å². The van der Waals surface area contributed by atoms with Gasteiger partial charge in [-0.2, -0.15) is 0 Å². The number of hydrogen-bond donors (Lipinski definition) is 1. The molecule has 0 rings (SSSR count). The fourth-order valence-electron chi connectivity index (χ4n) is 1.11. The van der Waals surface area contributed by atoms with E-state index < -0.39 is 11.9 Å². The molecule has 0 spiro atoms. The number of methoxy groups -OCH3 is 3. The third kappa shape index (κ3) is 2.18. The lowest BCUT2D eigenvalue weighted by atomic mass is 10.1. The van der Waals surface area contributed by atoms with E-state index in [1.165, 1.54) is 28.4 Å². The average Bonchev–Trinajstić information content (AvgIpc) is 2.19. The van der Waals surface area contributed by atoms with E-state index in [-0.39, 0.29) is 5.91 Å². The van der Waals surface area contributed by atoms with Crippen molar-refractivity contribution >= 4 is 5.91 Å². The van der Waals surface area contributed by atoms with Crippen LogP contribution in [0.1, 0.15) is 6.92 Å². The van der Waals surface area contributed by atoms with E-state index in [1.54, 1.807) is 6.92 Å². The van der Waals surface area contributed by atoms with E-state index in [2.05, 4.69) is 5.32 Å². The molecule has 1 unspecified atom stereocenters. The maximum absolute atomic E-state index is 11.5. The van der Waals surface area contributed by atoms with E-state index in [0.717, 1.165) is 0 Å². The van der Waals surface area contributed by atoms with Crippen LogP contribution in [-0.2, 0) is 19.0 Å². The largest absolute Gasteiger partial charge is 0.376 e. The lowest BCUT2D eigenvalue weighted by Gasteiger charge is -2.33. The lowest BCUT2D eigenvalue weighted by molar-refractivity contribution is -0.248. The zero-order chi connectivity index (χ0) is 10.5. The second kappa shape index (κ2) is 5.16. The van der Waals surface area contributed by atoms with E-state index in [9.17, 15) is 4.79 Å². The molecule has 0 aromatic heterocycles. The molecule has 0 fully saturated rings. The Balaban J connectivity index is 4.78. The fraction of sp³-hybridized carbons (Fsp3) is 0.875. The van der Waals surface area contributed by atoms with Crippen molar-refractivity contribution in [2.24, 2.45) is 0 Å². The Morgan fingerprint density at radius 3 is 2.00 bits per heavy atom. The van der Waals surface area contributed by atoms with Crippen molar-refractivity contribution < 1.29 is 19.0 Å². The van der Waals surface area contributed by atoms with Gasteiger partial charge in [-0.1, -0.05) is 0 Å². The highest BCUT2D eigenvalue weighted by Crippen LogP contribution is 2.18. The zero-order valence-electron chi connectivity index (χ0n) is 8.71. The molecule has 0 aliphatic rings. The number of rotatable bonds is 5. The first-order valence-electron chi connectivity index (χ1n) is 3.94. The van der Waals surface area contributed by atoms with Crippen LogP contribution in [0.5, 0.6) is 0 Å². The van der Waals surface area contributed by atoms with Crippen LogP contribution in [0.2, 0.25) is 0 Å². The first kappa shape index (κ1) is 12.3. The molecule has 0 bridgehead atoms. The quantitative estimate of drug-likeness (QED) is 0.609. The molecule has 0 aliphatic carbocycles. The predicted octanol–water partition coefficient (Wildman–Crippen LogP) is -0.244. The lowest BCUT2D eigenvalue weighted by Crippen LogP contribution is -2.56. The Bertz CT molecular complexity index is 168. The summed E-state index contributed by atoms with van der Waals surface area (Å²) in [4.78, 5) is 11.5. The van der Waals surface area contributed by atoms with Gasteiger partial charge < -0.3 is 19.5 Å². The molecule has 0 aromatic carbocycles. The molecule has 1 atom stereocenters. The topological polar surface area (TPSA) is 56.8 Å². The van der Waals surface area contributed by atoms with Crippen molar-refractivity contribution in [3.8, 4) is 0 Å². The molecule has 1 amide bonds. The van der Waals surface area contributed by atoms with E-state index in [1.807, 2.05) is 0 Å². The van der Waals surface area contributed by atoms with Crippen LogP contribution in [-0.4, -0.2) is 46.2 Å². The fourth-order valence-corrected chi connectivity index (χ4v) is 1.11. The summed E-state index contributed by atoms with van der Waals surface area (Å²) >= 11 is 0. The zero-order valence-corrected chi connectivity index (χ0v) is 8.71. The Morgan fingerprint density at radius 1 is 1.31 bits per heavy atom. The van der Waals surface area contributed by atoms with Gasteiger partial charge in [-0.25, -0.2) is 0 Å². The van der Waals surface area contributed by atoms with Gasteiger partial charge in [-0.15, -0.1) is 0 Å². The monoisotopic (exact) mass is 191 g/mol. The van der Waals surface area contributed by atoms with Crippen LogP contribution in [0.15, 0.2) is 0 Å². The van der Waals surface area contributed by atoms with Gasteiger partial charge in [0.25, 0.3) is 11.7 Å². The molecule has 5 heteroatoms. The summed E-state index contributed by atoms with van der Waals surface area (Å²) in [5, 5.41) is 2.45. The second-order valence-electron chi connectivity index (χ2n) is 2.53.